The summed E-state index contributed by atoms with van der Waals surface area (Å²) in [5.74, 6) is -5.43. The fraction of sp³-hybridized carbons (Fsp3) is 0.350. The fourth-order valence-corrected chi connectivity index (χ4v) is 5.72. The zero-order valence-corrected chi connectivity index (χ0v) is 33.0. The second kappa shape index (κ2) is 25.5. The molecule has 0 radical (unpaired) electrons. The number of hydrogen-bond donors (Lipinski definition) is 11. The number of aliphatic hydroxyl groups is 1. The van der Waals surface area contributed by atoms with Crippen LogP contribution in [0.5, 0.6) is 0 Å². The number of aliphatic imine (C=N–C) groups is 1. The van der Waals surface area contributed by atoms with Crippen LogP contribution in [0.25, 0.3) is 0 Å². The van der Waals surface area contributed by atoms with Crippen molar-refractivity contribution in [3.63, 3.8) is 0 Å². The van der Waals surface area contributed by atoms with Crippen molar-refractivity contribution >= 4 is 47.3 Å². The number of primary amides is 1. The number of nitrogens with two attached hydrogens (primary N) is 4. The van der Waals surface area contributed by atoms with Gasteiger partial charge in [-0.15, -0.1) is 0 Å². The molecule has 3 aromatic carbocycles. The average Bonchev–Trinajstić information content (AvgIpc) is 3.23. The lowest BCUT2D eigenvalue weighted by Gasteiger charge is -2.28. The van der Waals surface area contributed by atoms with Gasteiger partial charge in [0.25, 0.3) is 5.91 Å². The van der Waals surface area contributed by atoms with Crippen molar-refractivity contribution in [2.24, 2.45) is 27.9 Å². The van der Waals surface area contributed by atoms with E-state index in [1.807, 2.05) is 0 Å². The van der Waals surface area contributed by atoms with Crippen LogP contribution in [0.2, 0.25) is 0 Å². The maximum atomic E-state index is 14.0. The molecular weight excluding hydrogens is 777 g/mol. The van der Waals surface area contributed by atoms with Gasteiger partial charge in [-0.1, -0.05) is 91.0 Å². The molecule has 0 aliphatic rings. The van der Waals surface area contributed by atoms with Crippen LogP contribution < -0.4 is 54.9 Å². The van der Waals surface area contributed by atoms with Gasteiger partial charge in [0.15, 0.2) is 5.96 Å². The Balaban J connectivity index is 1.80. The molecule has 3 aromatic rings. The number of nitrogens with one attached hydrogen (secondary N) is 6. The van der Waals surface area contributed by atoms with Crippen molar-refractivity contribution in [2.45, 2.75) is 49.9 Å². The van der Waals surface area contributed by atoms with Crippen molar-refractivity contribution in [3.05, 3.63) is 108 Å². The van der Waals surface area contributed by atoms with Crippen LogP contribution in [0.1, 0.15) is 23.1 Å². The largest absolute Gasteiger partial charge is 0.394 e. The first-order valence-electron chi connectivity index (χ1n) is 19.1. The number of rotatable bonds is 25. The molecule has 7 amide bonds. The second-order valence-corrected chi connectivity index (χ2v) is 13.6. The minimum Gasteiger partial charge on any atom is -0.394 e. The number of carbonyl (C=O) groups is 7. The zero-order chi connectivity index (χ0) is 43.9. The zero-order valence-electron chi connectivity index (χ0n) is 33.0. The molecular formula is C40H54N12O8. The standard InChI is InChI=1S/C40H54N12O8/c41-22-33(54)46-23-34(55)48-30(20-27-13-6-2-7-14-27)37(58)50-32(25-53)38(59)49-31(21-28-15-8-3-9-16-28)39(60)51-52(18-10-17-45-40(43)44)24-35(56)47-29(36(42)57)19-26-11-4-1-5-12-26/h1-9,11-16,29-32,53H,10,17-25,41H2,(H2,42,57)(H,46,54)(H,47,56)(H,48,55)(H,49,59)(H,50,58)(H,51,60)(H4,43,44,45)/t29-,30-,31-,32-/m0/s1. The van der Waals surface area contributed by atoms with Crippen molar-refractivity contribution in [3.8, 4) is 0 Å². The minimum absolute atomic E-state index is 0.0128. The highest BCUT2D eigenvalue weighted by Crippen LogP contribution is 2.08. The van der Waals surface area contributed by atoms with Crippen LogP contribution >= 0.6 is 0 Å². The molecule has 15 N–H and O–H groups in total. The molecule has 20 heteroatoms. The van der Waals surface area contributed by atoms with Crippen LogP contribution in [-0.4, -0.2) is 121 Å². The summed E-state index contributed by atoms with van der Waals surface area (Å²) in [5.41, 5.74) is 26.5. The van der Waals surface area contributed by atoms with Crippen LogP contribution in [0.15, 0.2) is 96.0 Å². The lowest BCUT2D eigenvalue weighted by molar-refractivity contribution is -0.136. The topological polar surface area (TPSA) is 332 Å². The summed E-state index contributed by atoms with van der Waals surface area (Å²) in [5, 5.41) is 24.0. The van der Waals surface area contributed by atoms with Gasteiger partial charge in [-0.2, -0.15) is 0 Å². The van der Waals surface area contributed by atoms with Crippen molar-refractivity contribution in [1.29, 1.82) is 0 Å². The highest BCUT2D eigenvalue weighted by Gasteiger charge is 2.31. The minimum atomic E-state index is -1.59. The number of nitrogens with zero attached hydrogens (tertiary/aromatic N) is 2. The van der Waals surface area contributed by atoms with Gasteiger partial charge in [-0.25, -0.2) is 5.01 Å². The predicted octanol–water partition coefficient (Wildman–Crippen LogP) is -3.80. The summed E-state index contributed by atoms with van der Waals surface area (Å²) in [7, 11) is 0. The Labute approximate surface area is 347 Å². The normalized spacial score (nSPS) is 12.7. The molecule has 60 heavy (non-hydrogen) atoms. The summed E-state index contributed by atoms with van der Waals surface area (Å²) >= 11 is 0. The third-order valence-corrected chi connectivity index (χ3v) is 8.74. The Kier molecular flexibility index (Phi) is 20.1. The Bertz CT molecular complexity index is 1900. The molecule has 0 spiro atoms. The van der Waals surface area contributed by atoms with Crippen LogP contribution in [0.4, 0.5) is 0 Å². The number of hydrogen-bond acceptors (Lipinski definition) is 11. The summed E-state index contributed by atoms with van der Waals surface area (Å²) in [6.07, 6.45) is 0.323. The molecule has 4 atom stereocenters. The number of benzene rings is 3. The monoisotopic (exact) mass is 830 g/mol. The smallest absolute Gasteiger partial charge is 0.257 e. The predicted molar refractivity (Wildman–Crippen MR) is 222 cm³/mol. The van der Waals surface area contributed by atoms with Crippen LogP contribution in [-0.2, 0) is 52.8 Å². The lowest BCUT2D eigenvalue weighted by Crippen LogP contribution is -2.60. The number of guanidine groups is 1. The van der Waals surface area contributed by atoms with E-state index in [0.717, 1.165) is 5.56 Å². The molecule has 322 valence electrons. The molecule has 0 saturated carbocycles. The molecule has 0 aliphatic carbocycles. The van der Waals surface area contributed by atoms with Gasteiger partial charge in [0.1, 0.15) is 24.2 Å². The molecule has 0 saturated heterocycles. The number of hydrazine groups is 1. The Morgan fingerprint density at radius 2 is 1.07 bits per heavy atom. The summed E-state index contributed by atoms with van der Waals surface area (Å²) in [4.78, 5) is 95.1. The van der Waals surface area contributed by atoms with E-state index >= 15 is 0 Å². The SMILES string of the molecule is NCC(=O)NCC(=O)N[C@@H](Cc1ccccc1)C(=O)N[C@@H](CO)C(=O)N[C@@H](Cc1ccccc1)C(=O)NN(CCCN=C(N)N)CC(=O)N[C@@H](Cc1ccccc1)C(N)=O. The second-order valence-electron chi connectivity index (χ2n) is 13.6. The van der Waals surface area contributed by atoms with Crippen molar-refractivity contribution < 1.29 is 38.7 Å². The Morgan fingerprint density at radius 1 is 0.600 bits per heavy atom. The molecule has 0 heterocycles. The van der Waals surface area contributed by atoms with E-state index in [0.29, 0.717) is 11.1 Å². The van der Waals surface area contributed by atoms with Gasteiger partial charge in [0.2, 0.25) is 35.4 Å². The summed E-state index contributed by atoms with van der Waals surface area (Å²) in [6.45, 7) is -1.97. The van der Waals surface area contributed by atoms with Gasteiger partial charge >= 0.3 is 0 Å². The van der Waals surface area contributed by atoms with Gasteiger partial charge in [0, 0.05) is 32.4 Å². The summed E-state index contributed by atoms with van der Waals surface area (Å²) in [6, 6.07) is 21.0. The number of carbonyl (C=O) groups excluding carboxylic acids is 7. The van der Waals surface area contributed by atoms with E-state index in [9.17, 15) is 38.7 Å². The van der Waals surface area contributed by atoms with Gasteiger partial charge in [-0.05, 0) is 23.1 Å². The molecule has 0 fully saturated rings. The van der Waals surface area contributed by atoms with E-state index in [2.05, 4.69) is 37.0 Å². The van der Waals surface area contributed by atoms with E-state index in [1.54, 1.807) is 91.0 Å². The maximum Gasteiger partial charge on any atom is 0.257 e. The van der Waals surface area contributed by atoms with E-state index in [4.69, 9.17) is 22.9 Å². The fourth-order valence-electron chi connectivity index (χ4n) is 5.72. The van der Waals surface area contributed by atoms with Gasteiger partial charge in [0.05, 0.1) is 26.2 Å². The lowest BCUT2D eigenvalue weighted by atomic mass is 10.0. The highest BCUT2D eigenvalue weighted by atomic mass is 16.3. The van der Waals surface area contributed by atoms with E-state index < -0.39 is 85.2 Å². The maximum absolute atomic E-state index is 14.0. The van der Waals surface area contributed by atoms with Crippen LogP contribution in [0.3, 0.4) is 0 Å². The van der Waals surface area contributed by atoms with Gasteiger partial charge < -0.3 is 54.6 Å². The number of amides is 7. The Morgan fingerprint density at radius 3 is 1.55 bits per heavy atom. The first kappa shape index (κ1) is 47.5. The van der Waals surface area contributed by atoms with Crippen molar-refractivity contribution in [2.75, 3.05) is 39.3 Å². The molecule has 0 unspecified atom stereocenters. The van der Waals surface area contributed by atoms with E-state index in [-0.39, 0.29) is 51.3 Å². The average molecular weight is 831 g/mol. The summed E-state index contributed by atoms with van der Waals surface area (Å²) < 4.78 is 0. The number of aliphatic hydroxyl groups excluding tert-OH is 1. The van der Waals surface area contributed by atoms with Crippen LogP contribution in [0, 0.1) is 0 Å². The third-order valence-electron chi connectivity index (χ3n) is 8.74. The quantitative estimate of drug-likeness (QED) is 0.0170. The molecule has 0 aromatic heterocycles. The first-order valence-corrected chi connectivity index (χ1v) is 19.1. The molecule has 20 nitrogen and oxygen atoms in total. The first-order chi connectivity index (χ1) is 28.8. The molecule has 3 rings (SSSR count). The Hall–Kier alpha value is -6.90. The van der Waals surface area contributed by atoms with Gasteiger partial charge in [-0.3, -0.25) is 44.0 Å². The van der Waals surface area contributed by atoms with E-state index in [1.165, 1.54) is 5.01 Å². The molecule has 0 aliphatic heterocycles. The third kappa shape index (κ3) is 17.7. The molecule has 0 bridgehead atoms. The van der Waals surface area contributed by atoms with Crippen molar-refractivity contribution in [1.82, 2.24) is 37.0 Å². The highest BCUT2D eigenvalue weighted by molar-refractivity contribution is 5.95.